The molecule has 1 unspecified atom stereocenters. The predicted molar refractivity (Wildman–Crippen MR) is 23.3 cm³/mol. The van der Waals surface area contributed by atoms with E-state index in [9.17, 15) is 4.39 Å². The largest absolute Gasteiger partial charge is 0.247 e. The van der Waals surface area contributed by atoms with Crippen molar-refractivity contribution in [1.29, 1.82) is 0 Å². The van der Waals surface area contributed by atoms with Crippen LogP contribution in [0.2, 0.25) is 0 Å². The molecule has 1 saturated carbocycles. The number of hydrogen-bond acceptors (Lipinski definition) is 0. The lowest BCUT2D eigenvalue weighted by Gasteiger charge is -1.76. The zero-order chi connectivity index (χ0) is 4.57. The highest BCUT2D eigenvalue weighted by molar-refractivity contribution is 4.84. The molecular weight excluding hydrogens is 79.1 g/mol. The predicted octanol–water partition coefficient (Wildman–Crippen LogP) is 1.75. The SMILES string of the molecule is CCC1C[C@H]1F. The molecule has 0 aromatic rings. The Morgan fingerprint density at radius 2 is 2.33 bits per heavy atom. The van der Waals surface area contributed by atoms with E-state index in [2.05, 4.69) is 0 Å². The summed E-state index contributed by atoms with van der Waals surface area (Å²) >= 11 is 0. The summed E-state index contributed by atoms with van der Waals surface area (Å²) in [5.41, 5.74) is 0. The molecule has 1 aliphatic rings. The second-order valence-corrected chi connectivity index (χ2v) is 1.92. The van der Waals surface area contributed by atoms with E-state index in [1.165, 1.54) is 0 Å². The molecule has 6 heavy (non-hydrogen) atoms. The summed E-state index contributed by atoms with van der Waals surface area (Å²) in [6.45, 7) is 2.03. The Bertz CT molecular complexity index is 49.9. The normalized spacial score (nSPS) is 43.0. The minimum Gasteiger partial charge on any atom is -0.247 e. The third-order valence-electron chi connectivity index (χ3n) is 1.36. The van der Waals surface area contributed by atoms with E-state index < -0.39 is 6.17 Å². The van der Waals surface area contributed by atoms with Crippen molar-refractivity contribution in [3.8, 4) is 0 Å². The Labute approximate surface area is 37.4 Å². The van der Waals surface area contributed by atoms with Crippen molar-refractivity contribution in [3.05, 3.63) is 0 Å². The summed E-state index contributed by atoms with van der Waals surface area (Å²) in [6.07, 6.45) is 1.42. The van der Waals surface area contributed by atoms with Crippen LogP contribution in [-0.4, -0.2) is 6.17 Å². The fourth-order valence-electron chi connectivity index (χ4n) is 0.633. The topological polar surface area (TPSA) is 0 Å². The lowest BCUT2D eigenvalue weighted by Crippen LogP contribution is -1.72. The van der Waals surface area contributed by atoms with Gasteiger partial charge in [0.25, 0.3) is 0 Å². The molecule has 0 aliphatic heterocycles. The lowest BCUT2D eigenvalue weighted by molar-refractivity contribution is 0.442. The first kappa shape index (κ1) is 4.10. The highest BCUT2D eigenvalue weighted by Crippen LogP contribution is 2.35. The fourth-order valence-corrected chi connectivity index (χ4v) is 0.633. The summed E-state index contributed by atoms with van der Waals surface area (Å²) in [5.74, 6) is 0.435. The van der Waals surface area contributed by atoms with Gasteiger partial charge in [-0.1, -0.05) is 13.3 Å². The molecule has 0 amide bonds. The van der Waals surface area contributed by atoms with Crippen LogP contribution < -0.4 is 0 Å². The molecule has 0 N–H and O–H groups in total. The van der Waals surface area contributed by atoms with Crippen molar-refractivity contribution in [2.24, 2.45) is 5.92 Å². The first-order valence-corrected chi connectivity index (χ1v) is 2.48. The van der Waals surface area contributed by atoms with Gasteiger partial charge in [0.1, 0.15) is 6.17 Å². The van der Waals surface area contributed by atoms with E-state index in [4.69, 9.17) is 0 Å². The van der Waals surface area contributed by atoms with Crippen molar-refractivity contribution in [2.75, 3.05) is 0 Å². The Morgan fingerprint density at radius 1 is 1.83 bits per heavy atom. The molecule has 1 heteroatoms. The third kappa shape index (κ3) is 0.537. The summed E-state index contributed by atoms with van der Waals surface area (Å²) in [4.78, 5) is 0. The monoisotopic (exact) mass is 88.1 g/mol. The molecule has 2 atom stereocenters. The smallest absolute Gasteiger partial charge is 0.103 e. The van der Waals surface area contributed by atoms with Gasteiger partial charge in [-0.3, -0.25) is 0 Å². The van der Waals surface area contributed by atoms with Crippen molar-refractivity contribution in [3.63, 3.8) is 0 Å². The van der Waals surface area contributed by atoms with Crippen molar-refractivity contribution in [2.45, 2.75) is 25.9 Å². The van der Waals surface area contributed by atoms with E-state index in [1.54, 1.807) is 0 Å². The minimum atomic E-state index is -0.435. The summed E-state index contributed by atoms with van der Waals surface area (Å²) in [5, 5.41) is 0. The van der Waals surface area contributed by atoms with E-state index in [0.29, 0.717) is 5.92 Å². The van der Waals surface area contributed by atoms with Gasteiger partial charge in [-0.05, 0) is 12.3 Å². The highest BCUT2D eigenvalue weighted by Gasteiger charge is 2.34. The van der Waals surface area contributed by atoms with Gasteiger partial charge in [-0.25, -0.2) is 4.39 Å². The summed E-state index contributed by atoms with van der Waals surface area (Å²) in [7, 11) is 0. The first-order chi connectivity index (χ1) is 2.84. The molecule has 0 nitrogen and oxygen atoms in total. The van der Waals surface area contributed by atoms with E-state index in [1.807, 2.05) is 6.92 Å². The molecular formula is C5H9F. The van der Waals surface area contributed by atoms with Crippen LogP contribution in [-0.2, 0) is 0 Å². The molecule has 0 radical (unpaired) electrons. The number of halogens is 1. The maximum absolute atomic E-state index is 11.8. The van der Waals surface area contributed by atoms with E-state index >= 15 is 0 Å². The van der Waals surface area contributed by atoms with Gasteiger partial charge in [0.15, 0.2) is 0 Å². The third-order valence-corrected chi connectivity index (χ3v) is 1.36. The van der Waals surface area contributed by atoms with E-state index in [0.717, 1.165) is 12.8 Å². The zero-order valence-electron chi connectivity index (χ0n) is 3.95. The molecule has 1 aliphatic carbocycles. The second kappa shape index (κ2) is 1.21. The lowest BCUT2D eigenvalue weighted by atomic mass is 10.3. The minimum absolute atomic E-state index is 0.435. The molecule has 36 valence electrons. The van der Waals surface area contributed by atoms with Gasteiger partial charge < -0.3 is 0 Å². The Kier molecular flexibility index (Phi) is 0.827. The van der Waals surface area contributed by atoms with Gasteiger partial charge in [-0.2, -0.15) is 0 Å². The van der Waals surface area contributed by atoms with Crippen LogP contribution in [0.15, 0.2) is 0 Å². The Hall–Kier alpha value is -0.0700. The second-order valence-electron chi connectivity index (χ2n) is 1.92. The van der Waals surface area contributed by atoms with Gasteiger partial charge in [0.2, 0.25) is 0 Å². The number of rotatable bonds is 1. The molecule has 1 fully saturated rings. The maximum atomic E-state index is 11.8. The fraction of sp³-hybridized carbons (Fsp3) is 1.00. The van der Waals surface area contributed by atoms with Crippen LogP contribution in [0.3, 0.4) is 0 Å². The quantitative estimate of drug-likeness (QED) is 0.458. The van der Waals surface area contributed by atoms with Crippen LogP contribution in [0.4, 0.5) is 4.39 Å². The molecule has 0 saturated heterocycles. The van der Waals surface area contributed by atoms with Crippen LogP contribution in [0.5, 0.6) is 0 Å². The first-order valence-electron chi connectivity index (χ1n) is 2.48. The molecule has 0 heterocycles. The average Bonchev–Trinajstić information content (AvgIpc) is 2.19. The van der Waals surface area contributed by atoms with Crippen molar-refractivity contribution >= 4 is 0 Å². The zero-order valence-corrected chi connectivity index (χ0v) is 3.95. The van der Waals surface area contributed by atoms with Crippen LogP contribution in [0.1, 0.15) is 19.8 Å². The van der Waals surface area contributed by atoms with Crippen molar-refractivity contribution in [1.82, 2.24) is 0 Å². The standard InChI is InChI=1S/C5H9F/c1-2-4-3-5(4)6/h4-5H,2-3H2,1H3/t4?,5-/m1/s1. The van der Waals surface area contributed by atoms with Gasteiger partial charge in [0.05, 0.1) is 0 Å². The molecule has 1 rings (SSSR count). The van der Waals surface area contributed by atoms with Crippen LogP contribution >= 0.6 is 0 Å². The summed E-state index contributed by atoms with van der Waals surface area (Å²) < 4.78 is 11.8. The van der Waals surface area contributed by atoms with Crippen LogP contribution in [0, 0.1) is 5.92 Å². The maximum Gasteiger partial charge on any atom is 0.103 e. The van der Waals surface area contributed by atoms with Crippen molar-refractivity contribution < 1.29 is 4.39 Å². The Morgan fingerprint density at radius 3 is 2.33 bits per heavy atom. The summed E-state index contributed by atoms with van der Waals surface area (Å²) in [6, 6.07) is 0. The van der Waals surface area contributed by atoms with Crippen LogP contribution in [0.25, 0.3) is 0 Å². The van der Waals surface area contributed by atoms with Gasteiger partial charge in [-0.15, -0.1) is 0 Å². The molecule has 0 aromatic heterocycles. The Balaban J connectivity index is 2.09. The molecule has 0 aromatic carbocycles. The van der Waals surface area contributed by atoms with Gasteiger partial charge >= 0.3 is 0 Å². The molecule has 0 bridgehead atoms. The highest BCUT2D eigenvalue weighted by atomic mass is 19.1. The number of hydrogen-bond donors (Lipinski definition) is 0. The van der Waals surface area contributed by atoms with Gasteiger partial charge in [0, 0.05) is 0 Å². The molecule has 0 spiro atoms. The van der Waals surface area contributed by atoms with E-state index in [-0.39, 0.29) is 0 Å². The number of alkyl halides is 1. The average molecular weight is 88.1 g/mol.